The van der Waals surface area contributed by atoms with Crippen LogP contribution in [0.1, 0.15) is 6.92 Å². The quantitative estimate of drug-likeness (QED) is 0.704. The van der Waals surface area contributed by atoms with E-state index in [9.17, 15) is 0 Å². The molecule has 0 N–H and O–H groups in total. The van der Waals surface area contributed by atoms with E-state index < -0.39 is 0 Å². The fourth-order valence-corrected chi connectivity index (χ4v) is 2.52. The lowest BCUT2D eigenvalue weighted by molar-refractivity contribution is 0.340. The van der Waals surface area contributed by atoms with Crippen LogP contribution in [0, 0.1) is 0 Å². The summed E-state index contributed by atoms with van der Waals surface area (Å²) in [5.74, 6) is 2.28. The molecule has 23 heavy (non-hydrogen) atoms. The standard InChI is InChI=1S/C19H19NO3/c1-4-23-16-7-5-13(6-8-16)17-9-14-10-18(21-2)19(22-3)11-15(14)12-20-17/h5-12H,4H2,1-3H3. The van der Waals surface area contributed by atoms with Crippen LogP contribution in [0.3, 0.4) is 0 Å². The lowest BCUT2D eigenvalue weighted by Gasteiger charge is -2.10. The molecule has 0 fully saturated rings. The first-order chi connectivity index (χ1) is 11.2. The van der Waals surface area contributed by atoms with Gasteiger partial charge < -0.3 is 14.2 Å². The third-order valence-electron chi connectivity index (χ3n) is 3.69. The zero-order valence-electron chi connectivity index (χ0n) is 13.5. The summed E-state index contributed by atoms with van der Waals surface area (Å²) in [6, 6.07) is 13.9. The summed E-state index contributed by atoms with van der Waals surface area (Å²) in [5, 5.41) is 2.07. The van der Waals surface area contributed by atoms with E-state index in [4.69, 9.17) is 14.2 Å². The molecule has 3 aromatic rings. The molecule has 0 aliphatic heterocycles. The lowest BCUT2D eigenvalue weighted by atomic mass is 10.1. The highest BCUT2D eigenvalue weighted by Gasteiger charge is 2.08. The topological polar surface area (TPSA) is 40.6 Å². The summed E-state index contributed by atoms with van der Waals surface area (Å²) in [5.41, 5.74) is 1.96. The highest BCUT2D eigenvalue weighted by molar-refractivity contribution is 5.88. The van der Waals surface area contributed by atoms with Gasteiger partial charge >= 0.3 is 0 Å². The van der Waals surface area contributed by atoms with E-state index in [0.717, 1.165) is 27.8 Å². The first-order valence-corrected chi connectivity index (χ1v) is 7.50. The van der Waals surface area contributed by atoms with Crippen LogP contribution in [0.4, 0.5) is 0 Å². The van der Waals surface area contributed by atoms with Gasteiger partial charge in [-0.15, -0.1) is 0 Å². The minimum atomic E-state index is 0.662. The molecular formula is C19H19NO3. The largest absolute Gasteiger partial charge is 0.494 e. The molecule has 0 aliphatic carbocycles. The van der Waals surface area contributed by atoms with Gasteiger partial charge in [-0.3, -0.25) is 4.98 Å². The highest BCUT2D eigenvalue weighted by Crippen LogP contribution is 2.33. The zero-order chi connectivity index (χ0) is 16.2. The average molecular weight is 309 g/mol. The Labute approximate surface area is 135 Å². The smallest absolute Gasteiger partial charge is 0.161 e. The number of benzene rings is 2. The second kappa shape index (κ2) is 6.57. The Bertz CT molecular complexity index is 813. The molecule has 1 aromatic heterocycles. The van der Waals surface area contributed by atoms with Gasteiger partial charge in [0.15, 0.2) is 11.5 Å². The van der Waals surface area contributed by atoms with E-state index >= 15 is 0 Å². The summed E-state index contributed by atoms with van der Waals surface area (Å²) in [6.07, 6.45) is 1.85. The molecule has 4 nitrogen and oxygen atoms in total. The van der Waals surface area contributed by atoms with Crippen LogP contribution in [0.15, 0.2) is 48.7 Å². The van der Waals surface area contributed by atoms with Crippen LogP contribution < -0.4 is 14.2 Å². The maximum Gasteiger partial charge on any atom is 0.161 e. The molecule has 0 aliphatic rings. The van der Waals surface area contributed by atoms with Gasteiger partial charge in [0.25, 0.3) is 0 Å². The van der Waals surface area contributed by atoms with Gasteiger partial charge in [0.2, 0.25) is 0 Å². The Balaban J connectivity index is 2.01. The van der Waals surface area contributed by atoms with Crippen molar-refractivity contribution in [1.82, 2.24) is 4.98 Å². The van der Waals surface area contributed by atoms with E-state index in [1.54, 1.807) is 14.2 Å². The van der Waals surface area contributed by atoms with Gasteiger partial charge in [-0.05, 0) is 54.8 Å². The van der Waals surface area contributed by atoms with Crippen LogP contribution in [0.25, 0.3) is 22.0 Å². The zero-order valence-corrected chi connectivity index (χ0v) is 13.5. The molecule has 4 heteroatoms. The predicted molar refractivity (Wildman–Crippen MR) is 91.5 cm³/mol. The van der Waals surface area contributed by atoms with E-state index in [0.29, 0.717) is 18.1 Å². The van der Waals surface area contributed by atoms with Crippen LogP contribution in [-0.4, -0.2) is 25.8 Å². The Morgan fingerprint density at radius 3 is 2.13 bits per heavy atom. The Kier molecular flexibility index (Phi) is 4.33. The van der Waals surface area contributed by atoms with Crippen molar-refractivity contribution in [3.8, 4) is 28.5 Å². The maximum atomic E-state index is 5.47. The van der Waals surface area contributed by atoms with Gasteiger partial charge in [0.1, 0.15) is 5.75 Å². The number of aromatic nitrogens is 1. The predicted octanol–water partition coefficient (Wildman–Crippen LogP) is 4.32. The van der Waals surface area contributed by atoms with Crippen molar-refractivity contribution in [2.75, 3.05) is 20.8 Å². The normalized spacial score (nSPS) is 10.6. The minimum absolute atomic E-state index is 0.662. The molecule has 2 aromatic carbocycles. The first-order valence-electron chi connectivity index (χ1n) is 7.50. The van der Waals surface area contributed by atoms with Crippen LogP contribution in [0.5, 0.6) is 17.2 Å². The third kappa shape index (κ3) is 3.06. The number of ether oxygens (including phenoxy) is 3. The van der Waals surface area contributed by atoms with Gasteiger partial charge in [-0.1, -0.05) is 0 Å². The summed E-state index contributed by atoms with van der Waals surface area (Å²) >= 11 is 0. The molecule has 0 atom stereocenters. The monoisotopic (exact) mass is 309 g/mol. The maximum absolute atomic E-state index is 5.47. The van der Waals surface area contributed by atoms with E-state index in [1.807, 2.05) is 55.6 Å². The molecule has 0 bridgehead atoms. The van der Waals surface area contributed by atoms with E-state index in [-0.39, 0.29) is 0 Å². The minimum Gasteiger partial charge on any atom is -0.494 e. The van der Waals surface area contributed by atoms with Gasteiger partial charge in [0.05, 0.1) is 26.5 Å². The van der Waals surface area contributed by atoms with Crippen molar-refractivity contribution in [2.45, 2.75) is 6.92 Å². The molecular weight excluding hydrogens is 290 g/mol. The number of nitrogens with zero attached hydrogens (tertiary/aromatic N) is 1. The molecule has 0 saturated heterocycles. The summed E-state index contributed by atoms with van der Waals surface area (Å²) in [7, 11) is 3.27. The molecule has 0 spiro atoms. The molecule has 3 rings (SSSR count). The fraction of sp³-hybridized carbons (Fsp3) is 0.211. The molecule has 0 amide bonds. The van der Waals surface area contributed by atoms with Crippen LogP contribution in [-0.2, 0) is 0 Å². The van der Waals surface area contributed by atoms with Crippen molar-refractivity contribution in [1.29, 1.82) is 0 Å². The van der Waals surface area contributed by atoms with Crippen LogP contribution in [0.2, 0.25) is 0 Å². The fourth-order valence-electron chi connectivity index (χ4n) is 2.52. The number of methoxy groups -OCH3 is 2. The van der Waals surface area contributed by atoms with Gasteiger partial charge in [-0.2, -0.15) is 0 Å². The number of pyridine rings is 1. The Morgan fingerprint density at radius 2 is 1.52 bits per heavy atom. The van der Waals surface area contributed by atoms with Gasteiger partial charge in [0, 0.05) is 17.1 Å². The molecule has 118 valence electrons. The lowest BCUT2D eigenvalue weighted by Crippen LogP contribution is -1.92. The number of hydrogen-bond acceptors (Lipinski definition) is 4. The number of rotatable bonds is 5. The van der Waals surface area contributed by atoms with Gasteiger partial charge in [-0.25, -0.2) is 0 Å². The second-order valence-corrected chi connectivity index (χ2v) is 5.08. The SMILES string of the molecule is CCOc1ccc(-c2cc3cc(OC)c(OC)cc3cn2)cc1. The summed E-state index contributed by atoms with van der Waals surface area (Å²) in [4.78, 5) is 4.55. The van der Waals surface area contributed by atoms with Crippen molar-refractivity contribution < 1.29 is 14.2 Å². The second-order valence-electron chi connectivity index (χ2n) is 5.08. The van der Waals surface area contributed by atoms with Crippen LogP contribution >= 0.6 is 0 Å². The molecule has 0 saturated carbocycles. The van der Waals surface area contributed by atoms with Crippen molar-refractivity contribution in [2.24, 2.45) is 0 Å². The Morgan fingerprint density at radius 1 is 0.870 bits per heavy atom. The molecule has 0 unspecified atom stereocenters. The van der Waals surface area contributed by atoms with Crippen molar-refractivity contribution >= 4 is 10.8 Å². The van der Waals surface area contributed by atoms with E-state index in [2.05, 4.69) is 4.98 Å². The number of fused-ring (bicyclic) bond motifs is 1. The van der Waals surface area contributed by atoms with Crippen molar-refractivity contribution in [3.05, 3.63) is 48.7 Å². The van der Waals surface area contributed by atoms with E-state index in [1.165, 1.54) is 0 Å². The van der Waals surface area contributed by atoms with Crippen molar-refractivity contribution in [3.63, 3.8) is 0 Å². The molecule has 0 radical (unpaired) electrons. The molecule has 1 heterocycles. The third-order valence-corrected chi connectivity index (χ3v) is 3.69. The first kappa shape index (κ1) is 15.2. The summed E-state index contributed by atoms with van der Waals surface area (Å²) in [6.45, 7) is 2.63. The average Bonchev–Trinajstić information content (AvgIpc) is 2.61. The highest BCUT2D eigenvalue weighted by atomic mass is 16.5. The summed E-state index contributed by atoms with van der Waals surface area (Å²) < 4.78 is 16.2. The number of hydrogen-bond donors (Lipinski definition) is 0. The Hall–Kier alpha value is -2.75.